The first-order valence-corrected chi connectivity index (χ1v) is 4.74. The zero-order chi connectivity index (χ0) is 11.3. The van der Waals surface area contributed by atoms with Crippen molar-refractivity contribution in [2.45, 2.75) is 0 Å². The van der Waals surface area contributed by atoms with Crippen LogP contribution in [0.25, 0.3) is 0 Å². The Labute approximate surface area is 81.2 Å². The number of hydrogen-bond acceptors (Lipinski definition) is 6. The second kappa shape index (κ2) is 17.3. The van der Waals surface area contributed by atoms with E-state index < -0.39 is 29.3 Å². The Hall–Kier alpha value is -0.904. The van der Waals surface area contributed by atoms with Gasteiger partial charge in [0.25, 0.3) is 0 Å². The summed E-state index contributed by atoms with van der Waals surface area (Å²) in [6.45, 7) is -0.556. The van der Waals surface area contributed by atoms with Gasteiger partial charge in [0.1, 0.15) is 0 Å². The van der Waals surface area contributed by atoms with Gasteiger partial charge in [-0.05, 0) is 0 Å². The van der Waals surface area contributed by atoms with Crippen molar-refractivity contribution >= 4 is 11.9 Å². The normalized spacial score (nSPS) is 6.62. The molecule has 0 amide bonds. The number of carbonyl (C=O) groups is 2. The predicted octanol–water partition coefficient (Wildman–Crippen LogP) is -2.18. The average molecular weight is 372 g/mol. The van der Waals surface area contributed by atoms with Crippen molar-refractivity contribution in [2.75, 3.05) is 13.1 Å². The number of hydrogen-bond donors (Lipinski definition) is 4. The summed E-state index contributed by atoms with van der Waals surface area (Å²) in [5, 5.41) is 15.2. The van der Waals surface area contributed by atoms with E-state index >= 15 is 0 Å². The number of nitrogens with two attached hydrogens (primary N) is 2. The summed E-state index contributed by atoms with van der Waals surface area (Å²) in [5.74, 6) is -1.94. The van der Waals surface area contributed by atoms with Crippen molar-refractivity contribution in [1.29, 1.82) is 0 Å². The predicted molar refractivity (Wildman–Crippen MR) is 34.8 cm³/mol. The van der Waals surface area contributed by atoms with Crippen molar-refractivity contribution < 1.29 is 44.2 Å². The summed E-state index contributed by atoms with van der Waals surface area (Å²) < 4.78 is 17.0. The summed E-state index contributed by atoms with van der Waals surface area (Å²) in [5.41, 5.74) is 9.14. The Bertz CT molecular complexity index is 163. The van der Waals surface area contributed by atoms with Gasteiger partial charge < -0.3 is 21.7 Å². The molecule has 0 aliphatic carbocycles. The van der Waals surface area contributed by atoms with Gasteiger partial charge in [-0.2, -0.15) is 0 Å². The van der Waals surface area contributed by atoms with Gasteiger partial charge >= 0.3 is 36.3 Å². The van der Waals surface area contributed by atoms with Crippen molar-refractivity contribution in [2.24, 2.45) is 11.5 Å². The van der Waals surface area contributed by atoms with Crippen LogP contribution in [0.4, 0.5) is 0 Å². The first-order valence-electron chi connectivity index (χ1n) is 2.67. The second-order valence-electron chi connectivity index (χ2n) is 1.25. The maximum absolute atomic E-state index is 9.24. The molecular weight excluding hydrogens is 362 g/mol. The average Bonchev–Trinajstić information content (AvgIpc) is 2.07. The number of carboxylic acid groups (broad SMARTS) is 2. The molecule has 78 valence electrons. The van der Waals surface area contributed by atoms with Crippen molar-refractivity contribution in [3.05, 3.63) is 0 Å². The summed E-state index contributed by atoms with van der Waals surface area (Å²) in [6, 6.07) is 0. The number of carboxylic acids is 2. The van der Waals surface area contributed by atoms with E-state index in [0.29, 0.717) is 0 Å². The Morgan fingerprint density at radius 1 is 1.00 bits per heavy atom. The third-order valence-corrected chi connectivity index (χ3v) is 0.349. The molecule has 0 aliphatic rings. The first kappa shape index (κ1) is 18.0. The van der Waals surface area contributed by atoms with Gasteiger partial charge in [-0.1, -0.05) is 0 Å². The summed E-state index contributed by atoms with van der Waals surface area (Å²) in [7, 11) is 0. The Balaban J connectivity index is -0.000000120. The summed E-state index contributed by atoms with van der Waals surface area (Å²) in [6.07, 6.45) is 0. The molecule has 6 N–H and O–H groups in total. The van der Waals surface area contributed by atoms with Gasteiger partial charge in [0.15, 0.2) is 0 Å². The fourth-order valence-electron chi connectivity index (χ4n) is 0. The molecule has 0 bridgehead atoms. The van der Waals surface area contributed by atoms with Gasteiger partial charge in [-0.25, -0.2) is 0 Å². The third-order valence-electron chi connectivity index (χ3n) is 0.349. The van der Waals surface area contributed by atoms with E-state index in [2.05, 4.69) is 11.5 Å². The molecule has 0 aromatic heterocycles. The molecule has 0 rings (SSSR count). The van der Waals surface area contributed by atoms with Gasteiger partial charge in [0.05, 0.1) is 13.1 Å². The topological polar surface area (TPSA) is 161 Å². The van der Waals surface area contributed by atoms with Crippen LogP contribution in [0.5, 0.6) is 0 Å². The van der Waals surface area contributed by atoms with E-state index in [0.717, 1.165) is 0 Å². The zero-order valence-corrected chi connectivity index (χ0v) is 8.99. The van der Waals surface area contributed by atoms with Crippen LogP contribution < -0.4 is 11.5 Å². The number of rotatable bonds is 2. The van der Waals surface area contributed by atoms with E-state index in [-0.39, 0.29) is 13.1 Å². The molecule has 0 saturated carbocycles. The summed E-state index contributed by atoms with van der Waals surface area (Å²) >= 11 is -2.08. The van der Waals surface area contributed by atoms with Crippen LogP contribution in [-0.4, -0.2) is 35.2 Å². The minimum atomic E-state index is -2.08. The van der Waals surface area contributed by atoms with E-state index in [9.17, 15) is 9.59 Å². The first-order chi connectivity index (χ1) is 5.95. The molecule has 8 nitrogen and oxygen atoms in total. The minimum absolute atomic E-state index is 0.278. The Kier molecular flexibility index (Phi) is 23.9. The van der Waals surface area contributed by atoms with Crippen LogP contribution in [0.15, 0.2) is 0 Å². The van der Waals surface area contributed by atoms with Crippen molar-refractivity contribution in [1.82, 2.24) is 0 Å². The SMILES string of the molecule is NCC(=O)O.NCC(=O)O.[O]=[Os+2]=[O]. The van der Waals surface area contributed by atoms with Crippen LogP contribution in [0.2, 0.25) is 0 Å². The molecule has 0 aromatic carbocycles. The van der Waals surface area contributed by atoms with Crippen LogP contribution >= 0.6 is 0 Å². The molecule has 0 spiro atoms. The standard InChI is InChI=1S/2C2H5NO2.2O.Os/c2*3-1-2(4)5;;;/h2*1,3H2,(H,4,5);;;/q;;;;+2. The molecule has 0 fully saturated rings. The van der Waals surface area contributed by atoms with Crippen molar-refractivity contribution in [3.63, 3.8) is 0 Å². The van der Waals surface area contributed by atoms with E-state index in [1.54, 1.807) is 0 Å². The Morgan fingerprint density at radius 3 is 1.08 bits per heavy atom. The maximum atomic E-state index is 9.24. The third kappa shape index (κ3) is 95.8. The second-order valence-corrected chi connectivity index (χ2v) is 1.68. The summed E-state index contributed by atoms with van der Waals surface area (Å²) in [4.78, 5) is 18.5. The molecule has 0 aliphatic heterocycles. The van der Waals surface area contributed by atoms with Crippen molar-refractivity contribution in [3.8, 4) is 0 Å². The molecular formula is C4H10N2O6Os+2. The van der Waals surface area contributed by atoms with Crippen LogP contribution in [0.1, 0.15) is 0 Å². The van der Waals surface area contributed by atoms with Crippen LogP contribution in [0.3, 0.4) is 0 Å². The van der Waals surface area contributed by atoms with E-state index in [1.807, 2.05) is 0 Å². The molecule has 0 aromatic rings. The molecule has 0 unspecified atom stereocenters. The van der Waals surface area contributed by atoms with Gasteiger partial charge in [-0.3, -0.25) is 9.59 Å². The van der Waals surface area contributed by atoms with Crippen LogP contribution in [0, 0.1) is 0 Å². The van der Waals surface area contributed by atoms with Gasteiger partial charge in [-0.15, -0.1) is 0 Å². The monoisotopic (exact) mass is 374 g/mol. The molecule has 0 atom stereocenters. The number of aliphatic carboxylic acids is 2. The Morgan fingerprint density at radius 2 is 1.08 bits per heavy atom. The van der Waals surface area contributed by atoms with E-state index in [4.69, 9.17) is 17.3 Å². The fraction of sp³-hybridized carbons (Fsp3) is 0.500. The van der Waals surface area contributed by atoms with Gasteiger partial charge in [0, 0.05) is 0 Å². The van der Waals surface area contributed by atoms with Crippen LogP contribution in [-0.2, 0) is 34.0 Å². The zero-order valence-electron chi connectivity index (χ0n) is 6.45. The van der Waals surface area contributed by atoms with Gasteiger partial charge in [0.2, 0.25) is 0 Å². The quantitative estimate of drug-likeness (QED) is 0.425. The molecule has 0 saturated heterocycles. The molecule has 0 radical (unpaired) electrons. The molecule has 13 heavy (non-hydrogen) atoms. The molecule has 9 heteroatoms. The molecule has 0 heterocycles. The fourth-order valence-corrected chi connectivity index (χ4v) is 0. The van der Waals surface area contributed by atoms with E-state index in [1.165, 1.54) is 0 Å².